The van der Waals surface area contributed by atoms with Gasteiger partial charge in [0.2, 0.25) is 0 Å². The summed E-state index contributed by atoms with van der Waals surface area (Å²) in [6.07, 6.45) is 1.27. The number of hydrogen-bond donors (Lipinski definition) is 0. The Balaban J connectivity index is 2.56. The van der Waals surface area contributed by atoms with Gasteiger partial charge in [0.1, 0.15) is 0 Å². The van der Waals surface area contributed by atoms with Crippen LogP contribution in [0, 0.1) is 0 Å². The van der Waals surface area contributed by atoms with E-state index in [0.717, 1.165) is 13.0 Å². The molecule has 0 spiro atoms. The van der Waals surface area contributed by atoms with Crippen molar-refractivity contribution in [3.05, 3.63) is 35.9 Å². The molecule has 0 radical (unpaired) electrons. The average molecular weight is 208 g/mol. The highest BCUT2D eigenvalue weighted by Crippen LogP contribution is 2.22. The summed E-state index contributed by atoms with van der Waals surface area (Å²) in [5.41, 5.74) is 1.21. The molecule has 84 valence electrons. The number of hydrogen-bond acceptors (Lipinski definition) is 2. The normalized spacial score (nSPS) is 14.9. The van der Waals surface area contributed by atoms with Gasteiger partial charge in [0.15, 0.2) is 0 Å². The first-order chi connectivity index (χ1) is 7.27. The SMILES string of the molecule is CCOC(C)CC(OC)c1ccccc1. The molecular weight excluding hydrogens is 188 g/mol. The molecular formula is C13H20O2. The Hall–Kier alpha value is -0.860. The van der Waals surface area contributed by atoms with Gasteiger partial charge in [-0.3, -0.25) is 0 Å². The molecule has 2 atom stereocenters. The summed E-state index contributed by atoms with van der Waals surface area (Å²) in [6.45, 7) is 4.85. The van der Waals surface area contributed by atoms with Crippen LogP contribution in [0.4, 0.5) is 0 Å². The van der Waals surface area contributed by atoms with E-state index >= 15 is 0 Å². The van der Waals surface area contributed by atoms with Crippen molar-refractivity contribution in [3.63, 3.8) is 0 Å². The first-order valence-electron chi connectivity index (χ1n) is 5.47. The molecule has 2 heteroatoms. The number of rotatable bonds is 6. The predicted molar refractivity (Wildman–Crippen MR) is 61.9 cm³/mol. The molecule has 0 bridgehead atoms. The third-order valence-corrected chi connectivity index (χ3v) is 2.45. The summed E-state index contributed by atoms with van der Waals surface area (Å²) in [5.74, 6) is 0. The van der Waals surface area contributed by atoms with Crippen molar-refractivity contribution in [2.24, 2.45) is 0 Å². The van der Waals surface area contributed by atoms with Gasteiger partial charge < -0.3 is 9.47 Å². The van der Waals surface area contributed by atoms with Crippen LogP contribution < -0.4 is 0 Å². The van der Waals surface area contributed by atoms with Crippen LogP contribution in [0.1, 0.15) is 31.9 Å². The molecule has 2 nitrogen and oxygen atoms in total. The highest BCUT2D eigenvalue weighted by atomic mass is 16.5. The third-order valence-electron chi connectivity index (χ3n) is 2.45. The number of ether oxygens (including phenoxy) is 2. The molecule has 0 amide bonds. The zero-order valence-corrected chi connectivity index (χ0v) is 9.77. The van der Waals surface area contributed by atoms with Crippen LogP contribution in [0.5, 0.6) is 0 Å². The summed E-state index contributed by atoms with van der Waals surface area (Å²) in [7, 11) is 1.75. The van der Waals surface area contributed by atoms with Crippen molar-refractivity contribution in [3.8, 4) is 0 Å². The molecule has 0 aliphatic heterocycles. The number of methoxy groups -OCH3 is 1. The Morgan fingerprint density at radius 3 is 2.40 bits per heavy atom. The highest BCUT2D eigenvalue weighted by molar-refractivity contribution is 5.17. The molecule has 0 saturated carbocycles. The van der Waals surface area contributed by atoms with E-state index in [4.69, 9.17) is 9.47 Å². The lowest BCUT2D eigenvalue weighted by atomic mass is 10.0. The van der Waals surface area contributed by atoms with Gasteiger partial charge in [-0.15, -0.1) is 0 Å². The lowest BCUT2D eigenvalue weighted by Gasteiger charge is -2.20. The fraction of sp³-hybridized carbons (Fsp3) is 0.538. The van der Waals surface area contributed by atoms with E-state index in [-0.39, 0.29) is 12.2 Å². The lowest BCUT2D eigenvalue weighted by molar-refractivity contribution is 0.0121. The fourth-order valence-corrected chi connectivity index (χ4v) is 1.69. The highest BCUT2D eigenvalue weighted by Gasteiger charge is 2.14. The minimum atomic E-state index is 0.132. The van der Waals surface area contributed by atoms with Gasteiger partial charge in [-0.1, -0.05) is 30.3 Å². The standard InChI is InChI=1S/C13H20O2/c1-4-15-11(2)10-13(14-3)12-8-6-5-7-9-12/h5-9,11,13H,4,10H2,1-3H3. The smallest absolute Gasteiger partial charge is 0.0845 e. The maximum Gasteiger partial charge on any atom is 0.0845 e. The molecule has 0 heterocycles. The van der Waals surface area contributed by atoms with Crippen LogP contribution >= 0.6 is 0 Å². The van der Waals surface area contributed by atoms with E-state index in [9.17, 15) is 0 Å². The van der Waals surface area contributed by atoms with Crippen molar-refractivity contribution in [2.45, 2.75) is 32.5 Å². The molecule has 2 unspecified atom stereocenters. The topological polar surface area (TPSA) is 18.5 Å². The minimum absolute atomic E-state index is 0.132. The van der Waals surface area contributed by atoms with Gasteiger partial charge in [0, 0.05) is 20.1 Å². The van der Waals surface area contributed by atoms with Gasteiger partial charge in [-0.2, -0.15) is 0 Å². The molecule has 0 aliphatic rings. The van der Waals surface area contributed by atoms with Crippen LogP contribution in [-0.4, -0.2) is 19.8 Å². The van der Waals surface area contributed by atoms with Crippen LogP contribution in [0.15, 0.2) is 30.3 Å². The van der Waals surface area contributed by atoms with Crippen LogP contribution in [0.3, 0.4) is 0 Å². The summed E-state index contributed by atoms with van der Waals surface area (Å²) in [6, 6.07) is 10.3. The van der Waals surface area contributed by atoms with Crippen LogP contribution in [0.2, 0.25) is 0 Å². The quantitative estimate of drug-likeness (QED) is 0.714. The molecule has 0 aromatic heterocycles. The Labute approximate surface area is 92.2 Å². The Morgan fingerprint density at radius 2 is 1.87 bits per heavy atom. The maximum absolute atomic E-state index is 5.52. The van der Waals surface area contributed by atoms with Gasteiger partial charge in [0.25, 0.3) is 0 Å². The van der Waals surface area contributed by atoms with E-state index < -0.39 is 0 Å². The van der Waals surface area contributed by atoms with Gasteiger partial charge in [-0.05, 0) is 19.4 Å². The summed E-state index contributed by atoms with van der Waals surface area (Å²) in [5, 5.41) is 0. The van der Waals surface area contributed by atoms with Crippen molar-refractivity contribution in [1.29, 1.82) is 0 Å². The lowest BCUT2D eigenvalue weighted by Crippen LogP contribution is -2.14. The number of benzene rings is 1. The molecule has 0 N–H and O–H groups in total. The second-order valence-electron chi connectivity index (χ2n) is 3.64. The molecule has 0 aliphatic carbocycles. The van der Waals surface area contributed by atoms with Crippen molar-refractivity contribution in [2.75, 3.05) is 13.7 Å². The Morgan fingerprint density at radius 1 is 1.20 bits per heavy atom. The first kappa shape index (κ1) is 12.2. The monoisotopic (exact) mass is 208 g/mol. The molecule has 0 saturated heterocycles. The van der Waals surface area contributed by atoms with Crippen molar-refractivity contribution < 1.29 is 9.47 Å². The maximum atomic E-state index is 5.52. The molecule has 1 aromatic carbocycles. The zero-order valence-electron chi connectivity index (χ0n) is 9.77. The van der Waals surface area contributed by atoms with E-state index in [2.05, 4.69) is 19.1 Å². The van der Waals surface area contributed by atoms with Gasteiger partial charge in [0.05, 0.1) is 12.2 Å². The van der Waals surface area contributed by atoms with Gasteiger partial charge in [-0.25, -0.2) is 0 Å². The first-order valence-corrected chi connectivity index (χ1v) is 5.47. The largest absolute Gasteiger partial charge is 0.379 e. The summed E-state index contributed by atoms with van der Waals surface area (Å²) < 4.78 is 11.0. The van der Waals surface area contributed by atoms with E-state index in [1.54, 1.807) is 7.11 Å². The van der Waals surface area contributed by atoms with Gasteiger partial charge >= 0.3 is 0 Å². The van der Waals surface area contributed by atoms with Crippen molar-refractivity contribution >= 4 is 0 Å². The van der Waals surface area contributed by atoms with E-state index in [1.807, 2.05) is 25.1 Å². The fourth-order valence-electron chi connectivity index (χ4n) is 1.69. The molecule has 15 heavy (non-hydrogen) atoms. The zero-order chi connectivity index (χ0) is 11.1. The van der Waals surface area contributed by atoms with Crippen LogP contribution in [-0.2, 0) is 9.47 Å². The van der Waals surface area contributed by atoms with E-state index in [0.29, 0.717) is 0 Å². The Kier molecular flexibility index (Phi) is 5.37. The van der Waals surface area contributed by atoms with Crippen LogP contribution in [0.25, 0.3) is 0 Å². The molecule has 1 rings (SSSR count). The summed E-state index contributed by atoms with van der Waals surface area (Å²) >= 11 is 0. The predicted octanol–water partition coefficient (Wildman–Crippen LogP) is 3.19. The molecule has 0 fully saturated rings. The second-order valence-corrected chi connectivity index (χ2v) is 3.64. The van der Waals surface area contributed by atoms with Crippen molar-refractivity contribution in [1.82, 2.24) is 0 Å². The Bertz CT molecular complexity index is 258. The van der Waals surface area contributed by atoms with E-state index in [1.165, 1.54) is 5.56 Å². The average Bonchev–Trinajstić information content (AvgIpc) is 2.27. The molecule has 1 aromatic rings. The second kappa shape index (κ2) is 6.59. The minimum Gasteiger partial charge on any atom is -0.379 e. The summed E-state index contributed by atoms with van der Waals surface area (Å²) in [4.78, 5) is 0. The third kappa shape index (κ3) is 4.02.